The highest BCUT2D eigenvalue weighted by molar-refractivity contribution is 5.97. The number of nitrogens with one attached hydrogen (secondary N) is 1. The van der Waals surface area contributed by atoms with E-state index in [2.05, 4.69) is 24.1 Å². The number of rotatable bonds is 11. The van der Waals surface area contributed by atoms with Crippen LogP contribution in [0.4, 0.5) is 5.69 Å². The summed E-state index contributed by atoms with van der Waals surface area (Å²) in [6.45, 7) is 10.1. The Morgan fingerprint density at radius 3 is 2.40 bits per heavy atom. The summed E-state index contributed by atoms with van der Waals surface area (Å²) in [5, 5.41) is 2.96. The van der Waals surface area contributed by atoms with E-state index in [-0.39, 0.29) is 5.91 Å². The van der Waals surface area contributed by atoms with Crippen LogP contribution in [-0.4, -0.2) is 50.3 Å². The van der Waals surface area contributed by atoms with Crippen molar-refractivity contribution in [2.75, 3.05) is 39.2 Å². The van der Waals surface area contributed by atoms with E-state index in [1.807, 2.05) is 52.2 Å². The number of carbonyl (C=O) groups is 1. The van der Waals surface area contributed by atoms with Crippen molar-refractivity contribution in [3.63, 3.8) is 0 Å². The van der Waals surface area contributed by atoms with Crippen LogP contribution in [-0.2, 0) is 9.53 Å². The van der Waals surface area contributed by atoms with Crippen molar-refractivity contribution >= 4 is 11.6 Å². The molecule has 0 aliphatic carbocycles. The molecule has 1 unspecified atom stereocenters. The second-order valence-electron chi connectivity index (χ2n) is 7.25. The van der Waals surface area contributed by atoms with E-state index in [1.54, 1.807) is 0 Å². The Balaban J connectivity index is 2.59. The molecule has 0 aliphatic heterocycles. The maximum atomic E-state index is 12.6. The number of anilines is 1. The largest absolute Gasteiger partial charge is 0.494 e. The topological polar surface area (TPSA) is 50.8 Å². The molecule has 1 N–H and O–H groups in total. The van der Waals surface area contributed by atoms with Crippen LogP contribution >= 0.6 is 0 Å². The SMILES string of the molecule is CCOC(C)(CC(C)C)C(=O)Nc1ccc(OCCCN(C)C)cc1. The quantitative estimate of drug-likeness (QED) is 0.617. The van der Waals surface area contributed by atoms with Gasteiger partial charge in [0.15, 0.2) is 0 Å². The monoisotopic (exact) mass is 350 g/mol. The van der Waals surface area contributed by atoms with Crippen molar-refractivity contribution in [2.24, 2.45) is 5.92 Å². The molecule has 1 aromatic rings. The Kier molecular flexibility index (Phi) is 8.93. The fraction of sp³-hybridized carbons (Fsp3) is 0.650. The highest BCUT2D eigenvalue weighted by atomic mass is 16.5. The molecule has 25 heavy (non-hydrogen) atoms. The highest BCUT2D eigenvalue weighted by Gasteiger charge is 2.34. The maximum absolute atomic E-state index is 12.6. The van der Waals surface area contributed by atoms with Crippen molar-refractivity contribution < 1.29 is 14.3 Å². The zero-order valence-corrected chi connectivity index (χ0v) is 16.6. The van der Waals surface area contributed by atoms with Gasteiger partial charge in [0.05, 0.1) is 6.61 Å². The number of carbonyl (C=O) groups excluding carboxylic acids is 1. The van der Waals surface area contributed by atoms with Gasteiger partial charge in [0, 0.05) is 18.8 Å². The van der Waals surface area contributed by atoms with Crippen molar-refractivity contribution in [3.8, 4) is 5.75 Å². The molecule has 1 rings (SSSR count). The lowest BCUT2D eigenvalue weighted by molar-refractivity contribution is -0.140. The summed E-state index contributed by atoms with van der Waals surface area (Å²) < 4.78 is 11.5. The Bertz CT molecular complexity index is 514. The van der Waals surface area contributed by atoms with Crippen LogP contribution in [0.2, 0.25) is 0 Å². The number of benzene rings is 1. The van der Waals surface area contributed by atoms with Gasteiger partial charge in [-0.1, -0.05) is 13.8 Å². The molecule has 0 fully saturated rings. The smallest absolute Gasteiger partial charge is 0.256 e. The molecule has 1 amide bonds. The van der Waals surface area contributed by atoms with Gasteiger partial charge in [-0.2, -0.15) is 0 Å². The summed E-state index contributed by atoms with van der Waals surface area (Å²) >= 11 is 0. The number of ether oxygens (including phenoxy) is 2. The second-order valence-corrected chi connectivity index (χ2v) is 7.25. The summed E-state index contributed by atoms with van der Waals surface area (Å²) in [7, 11) is 4.10. The van der Waals surface area contributed by atoms with E-state index >= 15 is 0 Å². The third kappa shape index (κ3) is 7.88. The fourth-order valence-corrected chi connectivity index (χ4v) is 2.78. The van der Waals surface area contributed by atoms with E-state index in [9.17, 15) is 4.79 Å². The molecular weight excluding hydrogens is 316 g/mol. The molecule has 142 valence electrons. The van der Waals surface area contributed by atoms with Gasteiger partial charge in [-0.05, 0) is 71.0 Å². The lowest BCUT2D eigenvalue weighted by atomic mass is 9.93. The average molecular weight is 351 g/mol. The minimum Gasteiger partial charge on any atom is -0.494 e. The number of hydrogen-bond donors (Lipinski definition) is 1. The molecule has 0 saturated heterocycles. The first-order valence-corrected chi connectivity index (χ1v) is 9.10. The Labute approximate surface area is 152 Å². The first kappa shape index (κ1) is 21.5. The van der Waals surface area contributed by atoms with Crippen LogP contribution in [0.3, 0.4) is 0 Å². The summed E-state index contributed by atoms with van der Waals surface area (Å²) in [5.74, 6) is 1.08. The van der Waals surface area contributed by atoms with E-state index in [0.29, 0.717) is 25.6 Å². The zero-order chi connectivity index (χ0) is 18.9. The minimum absolute atomic E-state index is 0.109. The Morgan fingerprint density at radius 1 is 1.24 bits per heavy atom. The number of amides is 1. The lowest BCUT2D eigenvalue weighted by Crippen LogP contribution is -2.43. The molecule has 0 saturated carbocycles. The maximum Gasteiger partial charge on any atom is 0.256 e. The molecule has 5 heteroatoms. The van der Waals surface area contributed by atoms with Gasteiger partial charge in [-0.15, -0.1) is 0 Å². The molecule has 0 bridgehead atoms. The van der Waals surface area contributed by atoms with Crippen LogP contribution in [0, 0.1) is 5.92 Å². The summed E-state index contributed by atoms with van der Waals surface area (Å²) in [5.41, 5.74) is -0.0649. The standard InChI is InChI=1S/C20H34N2O3/c1-7-25-20(4,15-16(2)3)19(23)21-17-9-11-18(12-10-17)24-14-8-13-22(5)6/h9-12,16H,7-8,13-15H2,1-6H3,(H,21,23). The van der Waals surface area contributed by atoms with E-state index in [0.717, 1.165) is 24.4 Å². The molecule has 1 atom stereocenters. The van der Waals surface area contributed by atoms with Crippen LogP contribution in [0.5, 0.6) is 5.75 Å². The van der Waals surface area contributed by atoms with Crippen LogP contribution in [0.25, 0.3) is 0 Å². The molecule has 5 nitrogen and oxygen atoms in total. The van der Waals surface area contributed by atoms with Gasteiger partial charge >= 0.3 is 0 Å². The van der Waals surface area contributed by atoms with Gasteiger partial charge < -0.3 is 19.7 Å². The van der Waals surface area contributed by atoms with Gasteiger partial charge in [0.2, 0.25) is 0 Å². The third-order valence-electron chi connectivity index (χ3n) is 3.87. The van der Waals surface area contributed by atoms with Crippen molar-refractivity contribution in [3.05, 3.63) is 24.3 Å². The lowest BCUT2D eigenvalue weighted by Gasteiger charge is -2.29. The summed E-state index contributed by atoms with van der Waals surface area (Å²) in [4.78, 5) is 14.8. The molecule has 0 heterocycles. The van der Waals surface area contributed by atoms with Gasteiger partial charge in [0.1, 0.15) is 11.4 Å². The minimum atomic E-state index is -0.815. The van der Waals surface area contributed by atoms with Crippen molar-refractivity contribution in [2.45, 2.75) is 46.1 Å². The average Bonchev–Trinajstić information content (AvgIpc) is 2.52. The summed E-state index contributed by atoms with van der Waals surface area (Å²) in [6.07, 6.45) is 1.66. The molecule has 0 radical (unpaired) electrons. The zero-order valence-electron chi connectivity index (χ0n) is 16.6. The predicted molar refractivity (Wildman–Crippen MR) is 103 cm³/mol. The molecule has 1 aromatic carbocycles. The molecular formula is C20H34N2O3. The van der Waals surface area contributed by atoms with Crippen molar-refractivity contribution in [1.82, 2.24) is 4.90 Å². The molecule has 0 aromatic heterocycles. The fourth-order valence-electron chi connectivity index (χ4n) is 2.78. The van der Waals surface area contributed by atoms with Crippen molar-refractivity contribution in [1.29, 1.82) is 0 Å². The van der Waals surface area contributed by atoms with E-state index < -0.39 is 5.60 Å². The van der Waals surface area contributed by atoms with Crippen LogP contribution in [0.15, 0.2) is 24.3 Å². The second kappa shape index (κ2) is 10.4. The number of hydrogen-bond acceptors (Lipinski definition) is 4. The highest BCUT2D eigenvalue weighted by Crippen LogP contribution is 2.24. The third-order valence-corrected chi connectivity index (χ3v) is 3.87. The van der Waals surface area contributed by atoms with Gasteiger partial charge in [0.25, 0.3) is 5.91 Å². The predicted octanol–water partition coefficient (Wildman–Crippen LogP) is 3.80. The van der Waals surface area contributed by atoms with E-state index in [1.165, 1.54) is 0 Å². The molecule has 0 aliphatic rings. The van der Waals surface area contributed by atoms with E-state index in [4.69, 9.17) is 9.47 Å². The van der Waals surface area contributed by atoms with Crippen LogP contribution < -0.4 is 10.1 Å². The number of nitrogens with zero attached hydrogens (tertiary/aromatic N) is 1. The Hall–Kier alpha value is -1.59. The first-order valence-electron chi connectivity index (χ1n) is 9.10. The Morgan fingerprint density at radius 2 is 1.88 bits per heavy atom. The normalized spacial score (nSPS) is 13.8. The van der Waals surface area contributed by atoms with Crippen LogP contribution in [0.1, 0.15) is 40.5 Å². The summed E-state index contributed by atoms with van der Waals surface area (Å²) in [6, 6.07) is 7.49. The van der Waals surface area contributed by atoms with Gasteiger partial charge in [-0.25, -0.2) is 0 Å². The first-order chi connectivity index (χ1) is 11.8. The van der Waals surface area contributed by atoms with Gasteiger partial charge in [-0.3, -0.25) is 4.79 Å². The molecule has 0 spiro atoms.